The molecule has 1 saturated heterocycles. The van der Waals surface area contributed by atoms with Crippen LogP contribution in [0.2, 0.25) is 0 Å². The number of carboxylic acids is 1. The molecule has 1 fully saturated rings. The minimum atomic E-state index is -1.10. The Bertz CT molecular complexity index is 759. The lowest BCUT2D eigenvalue weighted by atomic mass is 9.77. The molecule has 0 aromatic carbocycles. The highest BCUT2D eigenvalue weighted by molar-refractivity contribution is 6.00. The smallest absolute Gasteiger partial charge is 0.352 e. The van der Waals surface area contributed by atoms with Gasteiger partial charge in [-0.25, -0.2) is 4.79 Å². The molecule has 4 atom stereocenters. The number of nitrogens with zero attached hydrogens (tertiary/aromatic N) is 4. The minimum absolute atomic E-state index is 0.0613. The van der Waals surface area contributed by atoms with Crippen molar-refractivity contribution in [2.45, 2.75) is 39.5 Å². The van der Waals surface area contributed by atoms with Gasteiger partial charge in [0.2, 0.25) is 5.91 Å². The molecule has 8 heteroatoms. The molecule has 2 N–H and O–H groups in total. The fourth-order valence-electron chi connectivity index (χ4n) is 3.98. The van der Waals surface area contributed by atoms with Crippen molar-refractivity contribution in [2.75, 3.05) is 13.6 Å². The standard InChI is InChI=1S/C18H24N4O4/c1-9-5-20-12(6-19-9)7-21(4)8-13-10(2)15-14(11(3)23)17(24)22(15)16(13)18(25)26/h5-6,10-11,14-15,23H,7-8H2,1-4H3,(H,25,26)/t10-,11+,14+,15?/m0/s1. The molecule has 0 aliphatic carbocycles. The number of β-lactam (4-membered cyclic amide) rings is 1. The van der Waals surface area contributed by atoms with E-state index in [1.54, 1.807) is 19.3 Å². The normalized spacial score (nSPS) is 26.2. The molecular weight excluding hydrogens is 336 g/mol. The maximum absolute atomic E-state index is 12.3. The van der Waals surface area contributed by atoms with E-state index in [9.17, 15) is 19.8 Å². The molecule has 1 unspecified atom stereocenters. The zero-order valence-electron chi connectivity index (χ0n) is 15.4. The molecule has 1 aromatic rings. The third-order valence-electron chi connectivity index (χ3n) is 5.22. The number of aliphatic carboxylic acids is 1. The summed E-state index contributed by atoms with van der Waals surface area (Å²) in [5, 5.41) is 19.5. The van der Waals surface area contributed by atoms with E-state index >= 15 is 0 Å². The van der Waals surface area contributed by atoms with Crippen LogP contribution < -0.4 is 0 Å². The summed E-state index contributed by atoms with van der Waals surface area (Å²) >= 11 is 0. The molecule has 2 aliphatic heterocycles. The Labute approximate surface area is 152 Å². The number of hydrogen-bond donors (Lipinski definition) is 2. The molecule has 0 spiro atoms. The molecule has 1 aromatic heterocycles. The Hall–Kier alpha value is -2.32. The Morgan fingerprint density at radius 3 is 2.58 bits per heavy atom. The van der Waals surface area contributed by atoms with Gasteiger partial charge in [-0.1, -0.05) is 6.92 Å². The van der Waals surface area contributed by atoms with Crippen molar-refractivity contribution in [3.05, 3.63) is 35.1 Å². The van der Waals surface area contributed by atoms with Crippen molar-refractivity contribution in [3.63, 3.8) is 0 Å². The molecule has 0 radical (unpaired) electrons. The predicted molar refractivity (Wildman–Crippen MR) is 92.7 cm³/mol. The largest absolute Gasteiger partial charge is 0.477 e. The van der Waals surface area contributed by atoms with Crippen molar-refractivity contribution in [3.8, 4) is 0 Å². The summed E-state index contributed by atoms with van der Waals surface area (Å²) in [4.78, 5) is 36.0. The van der Waals surface area contributed by atoms with Crippen molar-refractivity contribution in [1.29, 1.82) is 0 Å². The Kier molecular flexibility index (Phi) is 4.81. The molecule has 3 heterocycles. The molecule has 2 aliphatic rings. The second kappa shape index (κ2) is 6.77. The fraction of sp³-hybridized carbons (Fsp3) is 0.556. The summed E-state index contributed by atoms with van der Waals surface area (Å²) in [7, 11) is 1.88. The average Bonchev–Trinajstić information content (AvgIpc) is 2.79. The summed E-state index contributed by atoms with van der Waals surface area (Å²) in [6, 6.07) is -0.281. The molecule has 3 rings (SSSR count). The van der Waals surface area contributed by atoms with Crippen molar-refractivity contribution < 1.29 is 19.8 Å². The summed E-state index contributed by atoms with van der Waals surface area (Å²) in [5.41, 5.74) is 2.40. The number of hydrogen-bond acceptors (Lipinski definition) is 6. The number of carboxylic acid groups (broad SMARTS) is 1. The van der Waals surface area contributed by atoms with Crippen LogP contribution in [0.5, 0.6) is 0 Å². The summed E-state index contributed by atoms with van der Waals surface area (Å²) < 4.78 is 0. The highest BCUT2D eigenvalue weighted by Gasteiger charge is 2.59. The third kappa shape index (κ3) is 2.99. The van der Waals surface area contributed by atoms with Gasteiger partial charge < -0.3 is 15.1 Å². The number of likely N-dealkylation sites (N-methyl/N-ethyl adjacent to an activating group) is 1. The number of aliphatic hydroxyl groups excluding tert-OH is 1. The number of rotatable bonds is 6. The highest BCUT2D eigenvalue weighted by atomic mass is 16.4. The minimum Gasteiger partial charge on any atom is -0.477 e. The van der Waals surface area contributed by atoms with E-state index in [2.05, 4.69) is 9.97 Å². The molecule has 8 nitrogen and oxygen atoms in total. The number of aliphatic hydroxyl groups is 1. The first-order valence-electron chi connectivity index (χ1n) is 8.66. The quantitative estimate of drug-likeness (QED) is 0.708. The number of carbonyl (C=O) groups is 2. The van der Waals surface area contributed by atoms with Gasteiger partial charge in [-0.3, -0.25) is 19.7 Å². The second-order valence-electron chi connectivity index (χ2n) is 7.25. The number of carbonyl (C=O) groups excluding carboxylic acids is 1. The third-order valence-corrected chi connectivity index (χ3v) is 5.22. The van der Waals surface area contributed by atoms with Gasteiger partial charge in [0.05, 0.1) is 29.5 Å². The van der Waals surface area contributed by atoms with Gasteiger partial charge in [0.25, 0.3) is 0 Å². The van der Waals surface area contributed by atoms with Gasteiger partial charge in [0.15, 0.2) is 0 Å². The Morgan fingerprint density at radius 2 is 2.04 bits per heavy atom. The van der Waals surface area contributed by atoms with Crippen LogP contribution in [0.1, 0.15) is 25.2 Å². The van der Waals surface area contributed by atoms with Crippen LogP contribution in [-0.2, 0) is 16.1 Å². The van der Waals surface area contributed by atoms with Gasteiger partial charge in [0.1, 0.15) is 5.70 Å². The van der Waals surface area contributed by atoms with Crippen molar-refractivity contribution >= 4 is 11.9 Å². The van der Waals surface area contributed by atoms with Gasteiger partial charge in [-0.05, 0) is 26.5 Å². The zero-order chi connectivity index (χ0) is 19.2. The SMILES string of the molecule is Cc1cnc(CN(C)CC2=C(C(=O)O)N3C(=O)[C@H]([C@@H](C)O)C3[C@H]2C)cn1. The van der Waals surface area contributed by atoms with E-state index in [1.165, 1.54) is 4.90 Å². The van der Waals surface area contributed by atoms with Crippen LogP contribution in [0.3, 0.4) is 0 Å². The van der Waals surface area contributed by atoms with E-state index in [1.807, 2.05) is 25.8 Å². The summed E-state index contributed by atoms with van der Waals surface area (Å²) in [5.74, 6) is -2.07. The lowest BCUT2D eigenvalue weighted by Crippen LogP contribution is -2.63. The maximum atomic E-state index is 12.3. The number of aryl methyl sites for hydroxylation is 1. The number of amides is 1. The van der Waals surface area contributed by atoms with Crippen molar-refractivity contribution in [1.82, 2.24) is 19.8 Å². The van der Waals surface area contributed by atoms with Crippen LogP contribution >= 0.6 is 0 Å². The first-order chi connectivity index (χ1) is 12.2. The van der Waals surface area contributed by atoms with E-state index < -0.39 is 18.0 Å². The predicted octanol–water partition coefficient (Wildman–Crippen LogP) is 0.413. The molecular formula is C18H24N4O4. The number of aromatic nitrogens is 2. The van der Waals surface area contributed by atoms with Crippen LogP contribution in [0.4, 0.5) is 0 Å². The fourth-order valence-corrected chi connectivity index (χ4v) is 3.98. The average molecular weight is 360 g/mol. The van der Waals surface area contributed by atoms with E-state index in [4.69, 9.17) is 0 Å². The second-order valence-corrected chi connectivity index (χ2v) is 7.25. The lowest BCUT2D eigenvalue weighted by molar-refractivity contribution is -0.163. The molecule has 0 saturated carbocycles. The molecule has 1 amide bonds. The first kappa shape index (κ1) is 18.5. The van der Waals surface area contributed by atoms with Crippen molar-refractivity contribution in [2.24, 2.45) is 11.8 Å². The molecule has 0 bridgehead atoms. The molecule has 26 heavy (non-hydrogen) atoms. The van der Waals surface area contributed by atoms with Crippen LogP contribution in [-0.4, -0.2) is 67.6 Å². The van der Waals surface area contributed by atoms with Gasteiger partial charge in [0, 0.05) is 31.4 Å². The molecule has 140 valence electrons. The van der Waals surface area contributed by atoms with Gasteiger partial charge >= 0.3 is 5.97 Å². The van der Waals surface area contributed by atoms with Crippen LogP contribution in [0.15, 0.2) is 23.7 Å². The zero-order valence-corrected chi connectivity index (χ0v) is 15.4. The topological polar surface area (TPSA) is 107 Å². The Morgan fingerprint density at radius 1 is 1.35 bits per heavy atom. The Balaban J connectivity index is 1.80. The maximum Gasteiger partial charge on any atom is 0.352 e. The van der Waals surface area contributed by atoms with E-state index in [-0.39, 0.29) is 23.6 Å². The van der Waals surface area contributed by atoms with Gasteiger partial charge in [-0.15, -0.1) is 0 Å². The number of fused-ring (bicyclic) bond motifs is 1. The van der Waals surface area contributed by atoms with Crippen LogP contribution in [0.25, 0.3) is 0 Å². The van der Waals surface area contributed by atoms with E-state index in [0.717, 1.165) is 11.4 Å². The summed E-state index contributed by atoms with van der Waals surface area (Å²) in [6.45, 7) is 6.29. The summed E-state index contributed by atoms with van der Waals surface area (Å²) in [6.07, 6.45) is 2.61. The first-order valence-corrected chi connectivity index (χ1v) is 8.66. The van der Waals surface area contributed by atoms with Gasteiger partial charge in [-0.2, -0.15) is 0 Å². The highest BCUT2D eigenvalue weighted by Crippen LogP contribution is 2.47. The lowest BCUT2D eigenvalue weighted by Gasteiger charge is -2.46. The monoisotopic (exact) mass is 360 g/mol. The van der Waals surface area contributed by atoms with Crippen LogP contribution in [0, 0.1) is 18.8 Å². The van der Waals surface area contributed by atoms with E-state index in [0.29, 0.717) is 18.7 Å².